The Balaban J connectivity index is 1.93. The Kier molecular flexibility index (Phi) is 6.59. The van der Waals surface area contributed by atoms with Crippen LogP contribution >= 0.6 is 0 Å². The maximum Gasteiger partial charge on any atom is 0.262 e. The molecule has 0 heterocycles. The number of hydrogen-bond acceptors (Lipinski definition) is 2. The SMILES string of the molecule is O=C(/C=C/c1ccc(F)c(F)c1F)NNC(=O)/C=C/c1ccc(F)c(F)c1F. The molecule has 0 aliphatic heterocycles. The maximum atomic E-state index is 13.4. The Morgan fingerprint density at radius 2 is 0.964 bits per heavy atom. The van der Waals surface area contributed by atoms with Crippen LogP contribution in [-0.2, 0) is 9.59 Å². The molecule has 0 radical (unpaired) electrons. The van der Waals surface area contributed by atoms with E-state index in [1.165, 1.54) is 0 Å². The van der Waals surface area contributed by atoms with Gasteiger partial charge in [-0.05, 0) is 36.4 Å². The van der Waals surface area contributed by atoms with Crippen molar-refractivity contribution < 1.29 is 35.9 Å². The molecule has 0 saturated carbocycles. The minimum absolute atomic E-state index is 0.408. The van der Waals surface area contributed by atoms with Crippen LogP contribution in [0.5, 0.6) is 0 Å². The highest BCUT2D eigenvalue weighted by molar-refractivity contribution is 5.96. The molecule has 0 fully saturated rings. The van der Waals surface area contributed by atoms with Gasteiger partial charge in [-0.25, -0.2) is 26.3 Å². The Labute approximate surface area is 154 Å². The zero-order valence-electron chi connectivity index (χ0n) is 13.7. The van der Waals surface area contributed by atoms with Crippen LogP contribution < -0.4 is 10.9 Å². The van der Waals surface area contributed by atoms with E-state index in [1.807, 2.05) is 10.9 Å². The largest absolute Gasteiger partial charge is 0.268 e. The summed E-state index contributed by atoms with van der Waals surface area (Å²) in [5, 5.41) is 0. The van der Waals surface area contributed by atoms with Gasteiger partial charge in [0.25, 0.3) is 11.8 Å². The minimum Gasteiger partial charge on any atom is -0.268 e. The van der Waals surface area contributed by atoms with E-state index in [-0.39, 0.29) is 0 Å². The molecule has 0 saturated heterocycles. The second kappa shape index (κ2) is 8.89. The van der Waals surface area contributed by atoms with Crippen LogP contribution in [0, 0.1) is 34.9 Å². The molecule has 0 unspecified atom stereocenters. The molecular weight excluding hydrogens is 390 g/mol. The highest BCUT2D eigenvalue weighted by Crippen LogP contribution is 2.17. The molecule has 0 aliphatic carbocycles. The zero-order valence-corrected chi connectivity index (χ0v) is 13.7. The number of rotatable bonds is 4. The Bertz CT molecular complexity index is 909. The lowest BCUT2D eigenvalue weighted by molar-refractivity contribution is -0.123. The molecule has 146 valence electrons. The van der Waals surface area contributed by atoms with Crippen molar-refractivity contribution in [2.75, 3.05) is 0 Å². The average molecular weight is 400 g/mol. The second-order valence-electron chi connectivity index (χ2n) is 5.17. The average Bonchev–Trinajstić information content (AvgIpc) is 2.67. The number of carbonyl (C=O) groups excluding carboxylic acids is 2. The van der Waals surface area contributed by atoms with E-state index in [2.05, 4.69) is 0 Å². The van der Waals surface area contributed by atoms with Crippen LogP contribution in [0.3, 0.4) is 0 Å². The molecule has 2 N–H and O–H groups in total. The summed E-state index contributed by atoms with van der Waals surface area (Å²) < 4.78 is 78.5. The lowest BCUT2D eigenvalue weighted by Gasteiger charge is -2.03. The van der Waals surface area contributed by atoms with Gasteiger partial charge in [-0.2, -0.15) is 0 Å². The molecule has 0 bridgehead atoms. The van der Waals surface area contributed by atoms with Crippen LogP contribution in [0.15, 0.2) is 36.4 Å². The van der Waals surface area contributed by atoms with Gasteiger partial charge >= 0.3 is 0 Å². The topological polar surface area (TPSA) is 58.2 Å². The number of nitrogens with one attached hydrogen (secondary N) is 2. The van der Waals surface area contributed by atoms with E-state index in [4.69, 9.17) is 0 Å². The fraction of sp³-hybridized carbons (Fsp3) is 0. The summed E-state index contributed by atoms with van der Waals surface area (Å²) >= 11 is 0. The lowest BCUT2D eigenvalue weighted by atomic mass is 10.2. The molecule has 2 aromatic rings. The van der Waals surface area contributed by atoms with Crippen LogP contribution in [0.1, 0.15) is 11.1 Å². The lowest BCUT2D eigenvalue weighted by Crippen LogP contribution is -2.39. The third kappa shape index (κ3) is 5.00. The summed E-state index contributed by atoms with van der Waals surface area (Å²) in [6.07, 6.45) is 3.14. The fourth-order valence-electron chi connectivity index (χ4n) is 1.88. The van der Waals surface area contributed by atoms with Gasteiger partial charge in [0.05, 0.1) is 0 Å². The van der Waals surface area contributed by atoms with Gasteiger partial charge < -0.3 is 0 Å². The van der Waals surface area contributed by atoms with Gasteiger partial charge in [0.2, 0.25) is 0 Å². The van der Waals surface area contributed by atoms with Gasteiger partial charge in [0.1, 0.15) is 0 Å². The zero-order chi connectivity index (χ0) is 20.8. The van der Waals surface area contributed by atoms with Crippen LogP contribution in [0.25, 0.3) is 12.2 Å². The molecule has 10 heteroatoms. The maximum absolute atomic E-state index is 13.4. The van der Waals surface area contributed by atoms with Crippen LogP contribution in [0.4, 0.5) is 26.3 Å². The summed E-state index contributed by atoms with van der Waals surface area (Å²) in [6, 6.07) is 3.13. The predicted octanol–water partition coefficient (Wildman–Crippen LogP) is 3.40. The van der Waals surface area contributed by atoms with Crippen molar-refractivity contribution >= 4 is 24.0 Å². The number of hydrazine groups is 1. The number of halogens is 6. The molecule has 0 atom stereocenters. The molecule has 2 rings (SSSR count). The van der Waals surface area contributed by atoms with Crippen molar-refractivity contribution in [2.24, 2.45) is 0 Å². The molecule has 28 heavy (non-hydrogen) atoms. The van der Waals surface area contributed by atoms with Crippen molar-refractivity contribution in [3.8, 4) is 0 Å². The van der Waals surface area contributed by atoms with Gasteiger partial charge in [-0.15, -0.1) is 0 Å². The van der Waals surface area contributed by atoms with Gasteiger partial charge in [-0.1, -0.05) is 0 Å². The Morgan fingerprint density at radius 3 is 1.32 bits per heavy atom. The monoisotopic (exact) mass is 400 g/mol. The smallest absolute Gasteiger partial charge is 0.262 e. The van der Waals surface area contributed by atoms with E-state index >= 15 is 0 Å². The molecule has 2 aromatic carbocycles. The quantitative estimate of drug-likeness (QED) is 0.358. The number of carbonyl (C=O) groups is 2. The standard InChI is InChI=1S/C18H10F6N2O2/c19-11-5-1-9(15(21)17(11)23)3-7-13(27)25-26-14(28)8-4-10-2-6-12(20)18(24)16(10)22/h1-8H,(H,25,27)(H,26,28)/b7-3+,8-4+. The number of benzene rings is 2. The minimum atomic E-state index is -1.70. The van der Waals surface area contributed by atoms with E-state index in [0.29, 0.717) is 12.1 Å². The van der Waals surface area contributed by atoms with Crippen LogP contribution in [-0.4, -0.2) is 11.8 Å². The molecule has 4 nitrogen and oxygen atoms in total. The highest BCUT2D eigenvalue weighted by atomic mass is 19.2. The highest BCUT2D eigenvalue weighted by Gasteiger charge is 2.12. The molecular formula is C18H10F6N2O2. The third-order valence-corrected chi connectivity index (χ3v) is 3.27. The first-order chi connectivity index (χ1) is 13.2. The molecule has 0 aliphatic rings. The van der Waals surface area contributed by atoms with E-state index in [0.717, 1.165) is 36.4 Å². The summed E-state index contributed by atoms with van der Waals surface area (Å²) in [5.41, 5.74) is 2.93. The van der Waals surface area contributed by atoms with Gasteiger partial charge in [0.15, 0.2) is 34.9 Å². The summed E-state index contributed by atoms with van der Waals surface area (Å²) in [7, 11) is 0. The molecule has 0 spiro atoms. The Hall–Kier alpha value is -3.56. The third-order valence-electron chi connectivity index (χ3n) is 3.27. The Morgan fingerprint density at radius 1 is 0.607 bits per heavy atom. The van der Waals surface area contributed by atoms with Crippen molar-refractivity contribution in [1.29, 1.82) is 0 Å². The van der Waals surface area contributed by atoms with E-state index in [9.17, 15) is 35.9 Å². The van der Waals surface area contributed by atoms with Gasteiger partial charge in [0, 0.05) is 23.3 Å². The fourth-order valence-corrected chi connectivity index (χ4v) is 1.88. The van der Waals surface area contributed by atoms with Crippen molar-refractivity contribution in [3.05, 3.63) is 82.4 Å². The first-order valence-electron chi connectivity index (χ1n) is 7.43. The first-order valence-corrected chi connectivity index (χ1v) is 7.43. The van der Waals surface area contributed by atoms with Crippen molar-refractivity contribution in [1.82, 2.24) is 10.9 Å². The number of amides is 2. The van der Waals surface area contributed by atoms with Crippen molar-refractivity contribution in [3.63, 3.8) is 0 Å². The second-order valence-corrected chi connectivity index (χ2v) is 5.17. The van der Waals surface area contributed by atoms with E-state index < -0.39 is 57.8 Å². The van der Waals surface area contributed by atoms with Crippen LogP contribution in [0.2, 0.25) is 0 Å². The summed E-state index contributed by atoms with van der Waals surface area (Å²) in [6.45, 7) is 0. The normalized spacial score (nSPS) is 11.2. The summed E-state index contributed by atoms with van der Waals surface area (Å²) in [5.74, 6) is -11.1. The predicted molar refractivity (Wildman–Crippen MR) is 87.0 cm³/mol. The van der Waals surface area contributed by atoms with Gasteiger partial charge in [-0.3, -0.25) is 20.4 Å². The van der Waals surface area contributed by atoms with E-state index in [1.54, 1.807) is 0 Å². The molecule has 2 amide bonds. The summed E-state index contributed by atoms with van der Waals surface area (Å²) in [4.78, 5) is 23.0. The first kappa shape index (κ1) is 20.7. The van der Waals surface area contributed by atoms with Crippen molar-refractivity contribution in [2.45, 2.75) is 0 Å². The molecule has 0 aromatic heterocycles. The number of hydrogen-bond donors (Lipinski definition) is 2.